The van der Waals surface area contributed by atoms with Gasteiger partial charge in [0.25, 0.3) is 0 Å². The molecule has 0 bridgehead atoms. The number of nitrogens with zero attached hydrogens (tertiary/aromatic N) is 3. The number of thiophene rings is 1. The Hall–Kier alpha value is -1.29. The fourth-order valence-corrected chi connectivity index (χ4v) is 6.78. The van der Waals surface area contributed by atoms with Gasteiger partial charge in [-0.15, -0.1) is 11.3 Å². The van der Waals surface area contributed by atoms with Crippen LogP contribution in [0.1, 0.15) is 15.3 Å². The molecular weight excluding hydrogens is 406 g/mol. The second-order valence-electron chi connectivity index (χ2n) is 7.82. The van der Waals surface area contributed by atoms with Crippen molar-refractivity contribution < 1.29 is 13.5 Å². The van der Waals surface area contributed by atoms with Crippen molar-refractivity contribution >= 4 is 21.4 Å². The van der Waals surface area contributed by atoms with Crippen molar-refractivity contribution in [2.75, 3.05) is 46.3 Å². The molecule has 0 saturated carbocycles. The molecule has 2 heterocycles. The molecular formula is C21H31N3O3S2. The summed E-state index contributed by atoms with van der Waals surface area (Å²) in [5.41, 5.74) is 1.22. The molecule has 2 aromatic rings. The van der Waals surface area contributed by atoms with Crippen LogP contribution in [0.25, 0.3) is 0 Å². The first kappa shape index (κ1) is 22.4. The van der Waals surface area contributed by atoms with Crippen LogP contribution in [0, 0.1) is 13.8 Å². The van der Waals surface area contributed by atoms with Gasteiger partial charge in [0.15, 0.2) is 0 Å². The summed E-state index contributed by atoms with van der Waals surface area (Å²) in [4.78, 5) is 6.57. The maximum Gasteiger partial charge on any atom is 0.244 e. The zero-order chi connectivity index (χ0) is 21.0. The van der Waals surface area contributed by atoms with Crippen LogP contribution in [0.5, 0.6) is 0 Å². The van der Waals surface area contributed by atoms with E-state index in [1.54, 1.807) is 10.4 Å². The third kappa shape index (κ3) is 5.87. The van der Waals surface area contributed by atoms with Gasteiger partial charge in [-0.05, 0) is 32.5 Å². The van der Waals surface area contributed by atoms with Crippen molar-refractivity contribution in [2.24, 2.45) is 0 Å². The zero-order valence-electron chi connectivity index (χ0n) is 17.4. The van der Waals surface area contributed by atoms with E-state index in [0.29, 0.717) is 44.2 Å². The molecule has 1 saturated heterocycles. The topological polar surface area (TPSA) is 64.1 Å². The summed E-state index contributed by atoms with van der Waals surface area (Å²) in [6.07, 6.45) is -0.464. The highest BCUT2D eigenvalue weighted by atomic mass is 32.2. The fourth-order valence-electron chi connectivity index (χ4n) is 3.83. The van der Waals surface area contributed by atoms with Gasteiger partial charge in [0, 0.05) is 55.6 Å². The second kappa shape index (κ2) is 9.68. The number of aliphatic hydroxyl groups is 1. The number of sulfonamides is 1. The Balaban J connectivity index is 1.47. The maximum atomic E-state index is 12.9. The van der Waals surface area contributed by atoms with Gasteiger partial charge >= 0.3 is 0 Å². The molecule has 160 valence electrons. The third-order valence-corrected chi connectivity index (χ3v) is 8.35. The quantitative estimate of drug-likeness (QED) is 0.686. The Morgan fingerprint density at radius 1 is 1.14 bits per heavy atom. The SMILES string of the molecule is Cc1cc(S(=O)(=O)N2CCN(CC(O)CN(C)Cc3ccccc3)CC2)c(C)s1. The van der Waals surface area contributed by atoms with Gasteiger partial charge in [-0.3, -0.25) is 9.80 Å². The van der Waals surface area contributed by atoms with Crippen LogP contribution in [-0.2, 0) is 16.6 Å². The van der Waals surface area contributed by atoms with Gasteiger partial charge in [0.05, 0.1) is 11.0 Å². The number of benzene rings is 1. The minimum Gasteiger partial charge on any atom is -0.390 e. The Morgan fingerprint density at radius 3 is 2.38 bits per heavy atom. The van der Waals surface area contributed by atoms with E-state index in [4.69, 9.17) is 0 Å². The molecule has 1 fully saturated rings. The van der Waals surface area contributed by atoms with Gasteiger partial charge in [-0.25, -0.2) is 8.42 Å². The van der Waals surface area contributed by atoms with Crippen molar-refractivity contribution in [3.05, 3.63) is 51.7 Å². The van der Waals surface area contributed by atoms with E-state index in [0.717, 1.165) is 16.3 Å². The van der Waals surface area contributed by atoms with Crippen LogP contribution in [-0.4, -0.2) is 80.0 Å². The van der Waals surface area contributed by atoms with Crippen molar-refractivity contribution in [1.82, 2.24) is 14.1 Å². The van der Waals surface area contributed by atoms with E-state index in [1.807, 2.05) is 39.1 Å². The Kier molecular flexibility index (Phi) is 7.47. The Bertz CT molecular complexity index is 891. The average Bonchev–Trinajstić information content (AvgIpc) is 3.01. The smallest absolute Gasteiger partial charge is 0.244 e. The molecule has 0 radical (unpaired) electrons. The maximum absolute atomic E-state index is 12.9. The fraction of sp³-hybridized carbons (Fsp3) is 0.524. The lowest BCUT2D eigenvalue weighted by molar-refractivity contribution is 0.0669. The van der Waals surface area contributed by atoms with Crippen molar-refractivity contribution in [3.8, 4) is 0 Å². The van der Waals surface area contributed by atoms with Gasteiger partial charge in [0.1, 0.15) is 0 Å². The number of aliphatic hydroxyl groups excluding tert-OH is 1. The van der Waals surface area contributed by atoms with Crippen molar-refractivity contribution in [1.29, 1.82) is 0 Å². The number of aryl methyl sites for hydroxylation is 2. The average molecular weight is 438 g/mol. The van der Waals surface area contributed by atoms with E-state index in [-0.39, 0.29) is 0 Å². The number of hydrogen-bond donors (Lipinski definition) is 1. The van der Waals surface area contributed by atoms with Crippen molar-refractivity contribution in [3.63, 3.8) is 0 Å². The van der Waals surface area contributed by atoms with Crippen LogP contribution < -0.4 is 0 Å². The molecule has 1 aliphatic rings. The predicted octanol–water partition coefficient (Wildman–Crippen LogP) is 2.16. The predicted molar refractivity (Wildman–Crippen MR) is 118 cm³/mol. The van der Waals surface area contributed by atoms with E-state index < -0.39 is 16.1 Å². The zero-order valence-corrected chi connectivity index (χ0v) is 19.0. The minimum absolute atomic E-state index is 0.441. The van der Waals surface area contributed by atoms with E-state index >= 15 is 0 Å². The standard InChI is InChI=1S/C21H31N3O3S2/c1-17-13-21(18(2)28-17)29(26,27)24-11-9-23(10-12-24)16-20(25)15-22(3)14-19-7-5-4-6-8-19/h4-8,13,20,25H,9-12,14-16H2,1-3H3. The number of likely N-dealkylation sites (N-methyl/N-ethyl adjacent to an activating group) is 1. The molecule has 1 aromatic heterocycles. The largest absolute Gasteiger partial charge is 0.390 e. The summed E-state index contributed by atoms with van der Waals surface area (Å²) < 4.78 is 27.4. The van der Waals surface area contributed by atoms with Crippen LogP contribution in [0.4, 0.5) is 0 Å². The Morgan fingerprint density at radius 2 is 1.79 bits per heavy atom. The highest BCUT2D eigenvalue weighted by Crippen LogP contribution is 2.28. The number of hydrogen-bond acceptors (Lipinski definition) is 6. The van der Waals surface area contributed by atoms with Crippen LogP contribution in [0.2, 0.25) is 0 Å². The molecule has 3 rings (SSSR count). The molecule has 8 heteroatoms. The van der Waals surface area contributed by atoms with Gasteiger partial charge in [-0.2, -0.15) is 4.31 Å². The van der Waals surface area contributed by atoms with Crippen LogP contribution in [0.3, 0.4) is 0 Å². The number of piperazine rings is 1. The second-order valence-corrected chi connectivity index (χ2v) is 11.2. The monoisotopic (exact) mass is 437 g/mol. The van der Waals surface area contributed by atoms with Crippen LogP contribution >= 0.6 is 11.3 Å². The van der Waals surface area contributed by atoms with Gasteiger partial charge in [-0.1, -0.05) is 30.3 Å². The summed E-state index contributed by atoms with van der Waals surface area (Å²) in [6.45, 7) is 7.94. The summed E-state index contributed by atoms with van der Waals surface area (Å²) >= 11 is 1.52. The van der Waals surface area contributed by atoms with Crippen molar-refractivity contribution in [2.45, 2.75) is 31.4 Å². The first-order chi connectivity index (χ1) is 13.8. The molecule has 1 unspecified atom stereocenters. The molecule has 1 atom stereocenters. The van der Waals surface area contributed by atoms with Crippen LogP contribution in [0.15, 0.2) is 41.3 Å². The summed E-state index contributed by atoms with van der Waals surface area (Å²) in [7, 11) is -1.43. The number of rotatable bonds is 8. The molecule has 0 amide bonds. The molecule has 29 heavy (non-hydrogen) atoms. The summed E-state index contributed by atoms with van der Waals surface area (Å²) in [6, 6.07) is 12.0. The lowest BCUT2D eigenvalue weighted by atomic mass is 10.2. The van der Waals surface area contributed by atoms with E-state index in [2.05, 4.69) is 21.9 Å². The van der Waals surface area contributed by atoms with Gasteiger partial charge in [0.2, 0.25) is 10.0 Å². The highest BCUT2D eigenvalue weighted by molar-refractivity contribution is 7.89. The first-order valence-electron chi connectivity index (χ1n) is 9.96. The lowest BCUT2D eigenvalue weighted by Crippen LogP contribution is -2.51. The molecule has 0 spiro atoms. The van der Waals surface area contributed by atoms with E-state index in [1.165, 1.54) is 16.9 Å². The number of β-amino-alcohol motifs (C(OH)–C–C–N with tert-alkyl or cyclic N) is 1. The highest BCUT2D eigenvalue weighted by Gasteiger charge is 2.31. The normalized spacial score (nSPS) is 17.7. The molecule has 0 aliphatic carbocycles. The molecule has 1 aromatic carbocycles. The summed E-state index contributed by atoms with van der Waals surface area (Å²) in [5.74, 6) is 0. The molecule has 1 aliphatic heterocycles. The third-order valence-electron chi connectivity index (χ3n) is 5.23. The first-order valence-corrected chi connectivity index (χ1v) is 12.2. The summed E-state index contributed by atoms with van der Waals surface area (Å²) in [5, 5.41) is 10.5. The molecule has 1 N–H and O–H groups in total. The molecule has 6 nitrogen and oxygen atoms in total. The van der Waals surface area contributed by atoms with E-state index in [9.17, 15) is 13.5 Å². The lowest BCUT2D eigenvalue weighted by Gasteiger charge is -2.35. The minimum atomic E-state index is -3.43. The van der Waals surface area contributed by atoms with Gasteiger partial charge < -0.3 is 5.11 Å². The Labute approximate surface area is 178 Å².